The van der Waals surface area contributed by atoms with Crippen molar-refractivity contribution in [3.05, 3.63) is 0 Å². The predicted octanol–water partition coefficient (Wildman–Crippen LogP) is 3.04. The number of halogens is 10. The molecule has 2 aliphatic heterocycles. The molecule has 0 N–H and O–H groups in total. The Bertz CT molecular complexity index is 1330. The van der Waals surface area contributed by atoms with Gasteiger partial charge in [0, 0.05) is 0 Å². The molecule has 0 aromatic carbocycles. The Morgan fingerprint density at radius 1 is 0.391 bits per heavy atom. The Hall–Kier alpha value is 3.17. The molecule has 2 rings (SSSR count). The van der Waals surface area contributed by atoms with Crippen molar-refractivity contribution in [3.8, 4) is 0 Å². The van der Waals surface area contributed by atoms with Crippen molar-refractivity contribution in [2.24, 2.45) is 0 Å². The number of hydrogen-bond donors (Lipinski definition) is 0. The third-order valence-electron chi connectivity index (χ3n) is 10.1. The SMILES string of the molecule is C[Si]1(C)OCCOCCO[Si](C)(C)[Si](C)(C)O[Si]1(C)C.C[Si]1(C)OCCOCCO[Si](C)(C)[Si](C)(C)O[Si]1(C)C.ClCCl.ClCCl.O=S(=O)([O-])C(F)(F)F.O=S(=O)([O-])C(F)(F)F.[Li+].[Li+]. The maximum absolute atomic E-state index is 10.7. The fraction of sp³-hybridized carbons (Fsp3) is 1.00. The van der Waals surface area contributed by atoms with Gasteiger partial charge in [0.05, 0.1) is 63.5 Å². The van der Waals surface area contributed by atoms with Gasteiger partial charge in [-0.3, -0.25) is 0 Å². The Morgan fingerprint density at radius 2 is 0.516 bits per heavy atom. The second kappa shape index (κ2) is 32.4. The van der Waals surface area contributed by atoms with Crippen LogP contribution in [0.2, 0.25) is 105 Å². The molecule has 0 unspecified atom stereocenters. The summed E-state index contributed by atoms with van der Waals surface area (Å²) >= 11 is 19.1. The van der Waals surface area contributed by atoms with E-state index in [9.17, 15) is 26.3 Å². The number of hydrogen-bond acceptors (Lipinski definition) is 14. The van der Waals surface area contributed by atoms with Crippen LogP contribution in [0.5, 0.6) is 0 Å². The van der Waals surface area contributed by atoms with Gasteiger partial charge < -0.3 is 44.5 Å². The van der Waals surface area contributed by atoms with Gasteiger partial charge in [-0.25, -0.2) is 16.8 Å². The first-order valence-electron chi connectivity index (χ1n) is 18.6. The van der Waals surface area contributed by atoms with E-state index in [0.717, 1.165) is 0 Å². The normalized spacial score (nSPS) is 22.8. The van der Waals surface area contributed by atoms with Gasteiger partial charge in [-0.15, -0.1) is 46.4 Å². The Labute approximate surface area is 430 Å². The summed E-state index contributed by atoms with van der Waals surface area (Å²) < 4.78 is 168. The van der Waals surface area contributed by atoms with Crippen LogP contribution in [-0.4, -0.2) is 163 Å². The minimum atomic E-state index is -6.09. The van der Waals surface area contributed by atoms with Crippen LogP contribution >= 0.6 is 46.4 Å². The van der Waals surface area contributed by atoms with E-state index in [-0.39, 0.29) is 48.4 Å². The molecule has 0 aromatic heterocycles. The monoisotopic (exact) mass is 1180 g/mol. The fourth-order valence-corrected chi connectivity index (χ4v) is 47.3. The van der Waals surface area contributed by atoms with Crippen molar-refractivity contribution in [3.63, 3.8) is 0 Å². The first-order valence-corrected chi connectivity index (χ1v) is 50.8. The molecule has 0 atom stereocenters. The van der Waals surface area contributed by atoms with Gasteiger partial charge in [0.25, 0.3) is 0 Å². The summed E-state index contributed by atoms with van der Waals surface area (Å²) in [4.78, 5) is 0. The third kappa shape index (κ3) is 30.9. The van der Waals surface area contributed by atoms with Gasteiger partial charge in [-0.1, -0.05) is 0 Å². The van der Waals surface area contributed by atoms with Gasteiger partial charge in [0.1, 0.15) is 0 Å². The van der Waals surface area contributed by atoms with Crippen molar-refractivity contribution in [2.45, 2.75) is 116 Å². The Kier molecular flexibility index (Phi) is 39.8. The molecular formula is C28H68Cl4F6Li2O14S2Si8. The van der Waals surface area contributed by atoms with Crippen LogP contribution in [0, 0.1) is 0 Å². The van der Waals surface area contributed by atoms with Gasteiger partial charge in [0.15, 0.2) is 51.6 Å². The van der Waals surface area contributed by atoms with Crippen LogP contribution in [0.3, 0.4) is 0 Å². The van der Waals surface area contributed by atoms with Crippen LogP contribution in [0.4, 0.5) is 26.3 Å². The summed E-state index contributed by atoms with van der Waals surface area (Å²) in [6, 6.07) is 0. The summed E-state index contributed by atoms with van der Waals surface area (Å²) in [7, 11) is -26.8. The maximum atomic E-state index is 10.7. The van der Waals surface area contributed by atoms with Crippen molar-refractivity contribution < 1.29 is 125 Å². The molecule has 0 aliphatic carbocycles. The number of ether oxygens (including phenoxy) is 2. The van der Waals surface area contributed by atoms with Gasteiger partial charge in [-0.2, -0.15) is 26.3 Å². The number of alkyl halides is 10. The summed E-state index contributed by atoms with van der Waals surface area (Å²) in [5.41, 5.74) is -11.3. The molecule has 64 heavy (non-hydrogen) atoms. The zero-order chi connectivity index (χ0) is 50.7. The third-order valence-corrected chi connectivity index (χ3v) is 75.0. The van der Waals surface area contributed by atoms with E-state index in [1.165, 1.54) is 0 Å². The molecule has 0 radical (unpaired) electrons. The van der Waals surface area contributed by atoms with E-state index < -0.39 is 93.9 Å². The van der Waals surface area contributed by atoms with Crippen LogP contribution in [0.15, 0.2) is 0 Å². The van der Waals surface area contributed by atoms with Crippen molar-refractivity contribution in [1.29, 1.82) is 0 Å². The average Bonchev–Trinajstić information content (AvgIpc) is 3.01. The molecule has 36 heteroatoms. The van der Waals surface area contributed by atoms with Gasteiger partial charge in [0.2, 0.25) is 31.3 Å². The van der Waals surface area contributed by atoms with E-state index >= 15 is 0 Å². The molecule has 2 aliphatic rings. The molecular weight excluding hydrogens is 1120 g/mol. The van der Waals surface area contributed by atoms with E-state index in [4.69, 9.17) is 108 Å². The predicted molar refractivity (Wildman–Crippen MR) is 252 cm³/mol. The first kappa shape index (κ1) is 78.6. The van der Waals surface area contributed by atoms with Crippen LogP contribution in [0.25, 0.3) is 0 Å². The largest absolute Gasteiger partial charge is 1.00 e. The zero-order valence-electron chi connectivity index (χ0n) is 40.4. The summed E-state index contributed by atoms with van der Waals surface area (Å²) in [5, 5.41) is 0.389. The molecule has 0 amide bonds. The Morgan fingerprint density at radius 3 is 0.625 bits per heavy atom. The van der Waals surface area contributed by atoms with E-state index in [1.54, 1.807) is 0 Å². The Balaban J connectivity index is -0.000000178. The standard InChI is InChI=1S/2C12H32O4Si4.2CH2Cl2.2CHF3O3S.2Li/c2*1-17(2)14-11-9-13-10-12-15-18(3,4)20(7,8)16-19(17,5)6;2*2-1-3;2*2-1(3,4)8(5,6)7;;/h2*9-12H2,1-8H3;2*1H2;2*(H,5,6,7);;/q;;;;;;2*+1/p-2. The molecule has 0 saturated carbocycles. The molecule has 0 spiro atoms. The molecule has 2 heterocycles. The molecule has 2 fully saturated rings. The summed E-state index contributed by atoms with van der Waals surface area (Å²) in [5.74, 6) is 0. The average molecular weight is 1190 g/mol. The molecule has 2 saturated heterocycles. The molecule has 380 valence electrons. The van der Waals surface area contributed by atoms with E-state index in [0.29, 0.717) is 52.9 Å². The van der Waals surface area contributed by atoms with Crippen molar-refractivity contribution in [2.75, 3.05) is 63.5 Å². The summed E-state index contributed by atoms with van der Waals surface area (Å²) in [6.45, 7) is 42.3. The fourth-order valence-electron chi connectivity index (χ4n) is 4.09. The van der Waals surface area contributed by atoms with E-state index in [1.807, 2.05) is 0 Å². The molecule has 0 aromatic rings. The summed E-state index contributed by atoms with van der Waals surface area (Å²) in [6.07, 6.45) is 0. The van der Waals surface area contributed by atoms with Crippen LogP contribution < -0.4 is 37.7 Å². The van der Waals surface area contributed by atoms with Crippen molar-refractivity contribution in [1.82, 2.24) is 0 Å². The van der Waals surface area contributed by atoms with Crippen LogP contribution in [-0.2, 0) is 55.6 Å². The van der Waals surface area contributed by atoms with E-state index in [2.05, 4.69) is 105 Å². The zero-order valence-corrected chi connectivity index (χ0v) is 53.0. The number of rotatable bonds is 0. The quantitative estimate of drug-likeness (QED) is 0.113. The molecule has 0 bridgehead atoms. The second-order valence-corrected chi connectivity index (χ2v) is 77.1. The smallest absolute Gasteiger partial charge is 0.741 e. The van der Waals surface area contributed by atoms with Crippen LogP contribution in [0.1, 0.15) is 0 Å². The topological polar surface area (TPSA) is 188 Å². The van der Waals surface area contributed by atoms with Gasteiger partial charge >= 0.3 is 48.7 Å². The van der Waals surface area contributed by atoms with Crippen molar-refractivity contribution >= 4 is 129 Å². The molecule has 14 nitrogen and oxygen atoms in total. The second-order valence-electron chi connectivity index (χ2n) is 16.9. The minimum Gasteiger partial charge on any atom is -0.741 e. The minimum absolute atomic E-state index is 0. The maximum Gasteiger partial charge on any atom is 1.00 e. The van der Waals surface area contributed by atoms with Gasteiger partial charge in [-0.05, 0) is 105 Å². The first-order chi connectivity index (χ1) is 27.2.